The standard InChI is InChI=1S/C12H18O4/c1-11(2)13-7-5-6-8-10(9(7)15-11)16-12(3,4)14-8/h5-10H,1-4H3/t7-,8-,9-,10-/m0/s1. The van der Waals surface area contributed by atoms with Crippen molar-refractivity contribution in [2.24, 2.45) is 0 Å². The SMILES string of the molecule is CC1(C)O[C@@H]2[C@H]3OC(C)(C)O[C@H]3C=C[C@@H]2O1. The fourth-order valence-corrected chi connectivity index (χ4v) is 2.66. The molecule has 4 heteroatoms. The van der Waals surface area contributed by atoms with Crippen molar-refractivity contribution in [3.8, 4) is 0 Å². The van der Waals surface area contributed by atoms with Crippen LogP contribution in [0.3, 0.4) is 0 Å². The Hall–Kier alpha value is -0.420. The van der Waals surface area contributed by atoms with E-state index in [9.17, 15) is 0 Å². The van der Waals surface area contributed by atoms with E-state index in [1.54, 1.807) is 0 Å². The molecule has 2 heterocycles. The Bertz CT molecular complexity index is 302. The molecule has 1 aliphatic carbocycles. The maximum Gasteiger partial charge on any atom is 0.164 e. The van der Waals surface area contributed by atoms with Gasteiger partial charge in [-0.2, -0.15) is 0 Å². The van der Waals surface area contributed by atoms with Crippen LogP contribution in [0.5, 0.6) is 0 Å². The van der Waals surface area contributed by atoms with E-state index >= 15 is 0 Å². The first-order valence-corrected chi connectivity index (χ1v) is 5.76. The number of fused-ring (bicyclic) bond motifs is 3. The predicted octanol–water partition coefficient (Wildman–Crippen LogP) is 1.60. The molecule has 0 aromatic rings. The average Bonchev–Trinajstić information content (AvgIpc) is 2.58. The van der Waals surface area contributed by atoms with Gasteiger partial charge in [0.25, 0.3) is 0 Å². The lowest BCUT2D eigenvalue weighted by Gasteiger charge is -2.26. The molecule has 2 fully saturated rings. The molecule has 4 atom stereocenters. The summed E-state index contributed by atoms with van der Waals surface area (Å²) < 4.78 is 23.3. The maximum atomic E-state index is 5.88. The minimum absolute atomic E-state index is 0.0197. The van der Waals surface area contributed by atoms with Gasteiger partial charge in [-0.1, -0.05) is 12.2 Å². The Morgan fingerprint density at radius 1 is 0.688 bits per heavy atom. The molecule has 2 aliphatic heterocycles. The molecule has 3 aliphatic rings. The molecule has 90 valence electrons. The molecule has 0 aromatic carbocycles. The second-order valence-corrected chi connectivity index (χ2v) is 5.51. The second kappa shape index (κ2) is 3.07. The molecule has 0 spiro atoms. The summed E-state index contributed by atoms with van der Waals surface area (Å²) in [6.45, 7) is 7.70. The molecule has 3 rings (SSSR count). The minimum atomic E-state index is -0.537. The molecule has 0 N–H and O–H groups in total. The van der Waals surface area contributed by atoms with Crippen LogP contribution in [0, 0.1) is 0 Å². The van der Waals surface area contributed by atoms with E-state index in [0.717, 1.165) is 0 Å². The Balaban J connectivity index is 1.86. The molecule has 16 heavy (non-hydrogen) atoms. The third-order valence-electron chi connectivity index (χ3n) is 3.14. The van der Waals surface area contributed by atoms with Crippen molar-refractivity contribution < 1.29 is 18.9 Å². The average molecular weight is 226 g/mol. The summed E-state index contributed by atoms with van der Waals surface area (Å²) in [5, 5.41) is 0. The Morgan fingerprint density at radius 3 is 1.44 bits per heavy atom. The van der Waals surface area contributed by atoms with Gasteiger partial charge in [0.05, 0.1) is 0 Å². The molecule has 0 radical (unpaired) electrons. The monoisotopic (exact) mass is 226 g/mol. The number of rotatable bonds is 0. The lowest BCUT2D eigenvalue weighted by molar-refractivity contribution is -0.174. The molecule has 0 amide bonds. The van der Waals surface area contributed by atoms with Crippen LogP contribution in [0.4, 0.5) is 0 Å². The van der Waals surface area contributed by atoms with Gasteiger partial charge in [0, 0.05) is 0 Å². The van der Waals surface area contributed by atoms with Crippen LogP contribution in [-0.2, 0) is 18.9 Å². The van der Waals surface area contributed by atoms with Crippen molar-refractivity contribution in [3.05, 3.63) is 12.2 Å². The molecule has 0 bridgehead atoms. The summed E-state index contributed by atoms with van der Waals surface area (Å²) in [5.41, 5.74) is 0. The summed E-state index contributed by atoms with van der Waals surface area (Å²) >= 11 is 0. The van der Waals surface area contributed by atoms with E-state index in [1.165, 1.54) is 0 Å². The smallest absolute Gasteiger partial charge is 0.164 e. The van der Waals surface area contributed by atoms with Crippen molar-refractivity contribution in [1.29, 1.82) is 0 Å². The highest BCUT2D eigenvalue weighted by Gasteiger charge is 2.54. The van der Waals surface area contributed by atoms with Crippen molar-refractivity contribution >= 4 is 0 Å². The fourth-order valence-electron chi connectivity index (χ4n) is 2.66. The quantitative estimate of drug-likeness (QED) is 0.588. The van der Waals surface area contributed by atoms with E-state index in [-0.39, 0.29) is 24.4 Å². The van der Waals surface area contributed by atoms with Gasteiger partial charge in [-0.05, 0) is 27.7 Å². The largest absolute Gasteiger partial charge is 0.341 e. The van der Waals surface area contributed by atoms with E-state index in [2.05, 4.69) is 0 Å². The van der Waals surface area contributed by atoms with Crippen molar-refractivity contribution in [2.75, 3.05) is 0 Å². The van der Waals surface area contributed by atoms with Gasteiger partial charge in [-0.25, -0.2) is 0 Å². The van der Waals surface area contributed by atoms with Crippen LogP contribution in [0.25, 0.3) is 0 Å². The highest BCUT2D eigenvalue weighted by Crippen LogP contribution is 2.41. The van der Waals surface area contributed by atoms with Gasteiger partial charge in [0.2, 0.25) is 0 Å². The Labute approximate surface area is 95.5 Å². The fraction of sp³-hybridized carbons (Fsp3) is 0.833. The normalized spacial score (nSPS) is 47.8. The van der Waals surface area contributed by atoms with Gasteiger partial charge in [-0.15, -0.1) is 0 Å². The molecular formula is C12H18O4. The zero-order chi connectivity index (χ0) is 11.6. The highest BCUT2D eigenvalue weighted by atomic mass is 16.8. The molecule has 4 nitrogen and oxygen atoms in total. The van der Waals surface area contributed by atoms with Crippen LogP contribution in [0.15, 0.2) is 12.2 Å². The van der Waals surface area contributed by atoms with Crippen molar-refractivity contribution in [1.82, 2.24) is 0 Å². The number of hydrogen-bond donors (Lipinski definition) is 0. The third kappa shape index (κ3) is 1.61. The zero-order valence-corrected chi connectivity index (χ0v) is 10.1. The lowest BCUT2D eigenvalue weighted by Crippen LogP contribution is -2.43. The van der Waals surface area contributed by atoms with Gasteiger partial charge < -0.3 is 18.9 Å². The first-order valence-electron chi connectivity index (χ1n) is 5.76. The first kappa shape index (κ1) is 10.7. The molecule has 0 unspecified atom stereocenters. The van der Waals surface area contributed by atoms with Crippen molar-refractivity contribution in [2.45, 2.75) is 63.7 Å². The molecule has 2 saturated heterocycles. The van der Waals surface area contributed by atoms with E-state index in [1.807, 2.05) is 39.8 Å². The van der Waals surface area contributed by atoms with Crippen LogP contribution >= 0.6 is 0 Å². The van der Waals surface area contributed by atoms with Gasteiger partial charge in [-0.3, -0.25) is 0 Å². The predicted molar refractivity (Wildman–Crippen MR) is 56.8 cm³/mol. The zero-order valence-electron chi connectivity index (χ0n) is 10.1. The van der Waals surface area contributed by atoms with E-state index in [4.69, 9.17) is 18.9 Å². The van der Waals surface area contributed by atoms with E-state index < -0.39 is 11.6 Å². The van der Waals surface area contributed by atoms with Crippen LogP contribution < -0.4 is 0 Å². The first-order chi connectivity index (χ1) is 7.36. The second-order valence-electron chi connectivity index (χ2n) is 5.51. The van der Waals surface area contributed by atoms with Crippen LogP contribution in [0.1, 0.15) is 27.7 Å². The van der Waals surface area contributed by atoms with Gasteiger partial charge in [0.1, 0.15) is 24.4 Å². The Morgan fingerprint density at radius 2 is 1.06 bits per heavy atom. The molecule has 0 aromatic heterocycles. The summed E-state index contributed by atoms with van der Waals surface area (Å²) in [4.78, 5) is 0. The summed E-state index contributed by atoms with van der Waals surface area (Å²) in [5.74, 6) is -1.07. The molecular weight excluding hydrogens is 208 g/mol. The maximum absolute atomic E-state index is 5.88. The number of hydrogen-bond acceptors (Lipinski definition) is 4. The topological polar surface area (TPSA) is 36.9 Å². The van der Waals surface area contributed by atoms with Gasteiger partial charge in [0.15, 0.2) is 11.6 Å². The summed E-state index contributed by atoms with van der Waals surface area (Å²) in [7, 11) is 0. The van der Waals surface area contributed by atoms with Crippen LogP contribution in [0.2, 0.25) is 0 Å². The summed E-state index contributed by atoms with van der Waals surface area (Å²) in [6.07, 6.45) is 3.87. The van der Waals surface area contributed by atoms with Crippen LogP contribution in [-0.4, -0.2) is 36.0 Å². The number of ether oxygens (including phenoxy) is 4. The lowest BCUT2D eigenvalue weighted by atomic mass is 9.97. The third-order valence-corrected chi connectivity index (χ3v) is 3.14. The highest BCUT2D eigenvalue weighted by molar-refractivity contribution is 5.14. The van der Waals surface area contributed by atoms with Crippen molar-refractivity contribution in [3.63, 3.8) is 0 Å². The summed E-state index contributed by atoms with van der Waals surface area (Å²) in [6, 6.07) is 0. The molecule has 0 saturated carbocycles. The van der Waals surface area contributed by atoms with E-state index in [0.29, 0.717) is 0 Å². The Kier molecular flexibility index (Phi) is 2.06. The van der Waals surface area contributed by atoms with Gasteiger partial charge >= 0.3 is 0 Å². The minimum Gasteiger partial charge on any atom is -0.341 e.